The summed E-state index contributed by atoms with van der Waals surface area (Å²) >= 11 is 0. The van der Waals surface area contributed by atoms with Crippen molar-refractivity contribution in [3.05, 3.63) is 0 Å². The maximum Gasteiger partial charge on any atom is 0.224 e. The van der Waals surface area contributed by atoms with Gasteiger partial charge in [0.2, 0.25) is 5.91 Å². The predicted molar refractivity (Wildman–Crippen MR) is 67.3 cm³/mol. The van der Waals surface area contributed by atoms with Gasteiger partial charge in [0, 0.05) is 25.0 Å². The molecule has 16 heavy (non-hydrogen) atoms. The van der Waals surface area contributed by atoms with Crippen molar-refractivity contribution in [3.63, 3.8) is 0 Å². The summed E-state index contributed by atoms with van der Waals surface area (Å²) < 4.78 is 0. The first-order chi connectivity index (χ1) is 7.56. The van der Waals surface area contributed by atoms with Crippen LogP contribution in [0.1, 0.15) is 47.0 Å². The number of amides is 1. The lowest BCUT2D eigenvalue weighted by atomic mass is 9.91. The van der Waals surface area contributed by atoms with Crippen molar-refractivity contribution in [1.82, 2.24) is 10.2 Å². The zero-order chi connectivity index (χ0) is 12.1. The maximum atomic E-state index is 12.1. The third-order valence-corrected chi connectivity index (χ3v) is 3.73. The van der Waals surface area contributed by atoms with Crippen LogP contribution in [0.25, 0.3) is 0 Å². The summed E-state index contributed by atoms with van der Waals surface area (Å²) in [6.07, 6.45) is 3.05. The molecule has 3 unspecified atom stereocenters. The van der Waals surface area contributed by atoms with Gasteiger partial charge in [0.1, 0.15) is 0 Å². The van der Waals surface area contributed by atoms with Crippen molar-refractivity contribution >= 4 is 5.91 Å². The molecule has 1 saturated heterocycles. The molecule has 0 aromatic carbocycles. The second kappa shape index (κ2) is 6.24. The van der Waals surface area contributed by atoms with E-state index in [4.69, 9.17) is 0 Å². The number of hydrogen-bond acceptors (Lipinski definition) is 2. The van der Waals surface area contributed by atoms with Crippen LogP contribution in [0.5, 0.6) is 0 Å². The fraction of sp³-hybridized carbons (Fsp3) is 0.923. The molecule has 0 saturated carbocycles. The minimum Gasteiger partial charge on any atom is -0.340 e. The Morgan fingerprint density at radius 1 is 1.50 bits per heavy atom. The number of hydrogen-bond donors (Lipinski definition) is 1. The molecule has 3 nitrogen and oxygen atoms in total. The van der Waals surface area contributed by atoms with Crippen molar-refractivity contribution in [3.8, 4) is 0 Å². The fourth-order valence-electron chi connectivity index (χ4n) is 2.49. The van der Waals surface area contributed by atoms with Gasteiger partial charge in [-0.15, -0.1) is 0 Å². The average Bonchev–Trinajstić information content (AvgIpc) is 2.22. The Kier molecular flexibility index (Phi) is 5.26. The topological polar surface area (TPSA) is 32.3 Å². The lowest BCUT2D eigenvalue weighted by molar-refractivity contribution is -0.136. The molecule has 3 heteroatoms. The second-order valence-electron chi connectivity index (χ2n) is 5.11. The highest BCUT2D eigenvalue weighted by atomic mass is 16.2. The maximum absolute atomic E-state index is 12.1. The van der Waals surface area contributed by atoms with E-state index in [1.54, 1.807) is 0 Å². The molecule has 1 heterocycles. The Labute approximate surface area is 99.6 Å². The Morgan fingerprint density at radius 3 is 2.81 bits per heavy atom. The molecule has 1 aliphatic rings. The molecule has 94 valence electrons. The monoisotopic (exact) mass is 226 g/mol. The normalized spacial score (nSPS) is 27.9. The Bertz CT molecular complexity index is 230. The first-order valence-electron chi connectivity index (χ1n) is 6.59. The van der Waals surface area contributed by atoms with Gasteiger partial charge in [0.15, 0.2) is 0 Å². The molecule has 1 amide bonds. The molecular formula is C13H26N2O. The molecule has 0 aromatic heterocycles. The van der Waals surface area contributed by atoms with E-state index in [1.165, 1.54) is 6.42 Å². The number of carbonyl (C=O) groups is 1. The van der Waals surface area contributed by atoms with Gasteiger partial charge in [-0.1, -0.05) is 13.8 Å². The third-order valence-electron chi connectivity index (χ3n) is 3.73. The van der Waals surface area contributed by atoms with E-state index in [2.05, 4.69) is 37.9 Å². The van der Waals surface area contributed by atoms with E-state index in [9.17, 15) is 4.79 Å². The van der Waals surface area contributed by atoms with E-state index in [0.717, 1.165) is 19.5 Å². The van der Waals surface area contributed by atoms with Crippen LogP contribution < -0.4 is 5.32 Å². The summed E-state index contributed by atoms with van der Waals surface area (Å²) in [6.45, 7) is 10.5. The van der Waals surface area contributed by atoms with Gasteiger partial charge in [0.05, 0.1) is 0 Å². The van der Waals surface area contributed by atoms with Crippen molar-refractivity contribution in [2.75, 3.05) is 13.1 Å². The van der Waals surface area contributed by atoms with Crippen LogP contribution in [-0.4, -0.2) is 36.0 Å². The molecular weight excluding hydrogens is 200 g/mol. The van der Waals surface area contributed by atoms with Gasteiger partial charge in [-0.05, 0) is 39.2 Å². The molecule has 0 radical (unpaired) electrons. The lowest BCUT2D eigenvalue weighted by Crippen LogP contribution is -2.47. The van der Waals surface area contributed by atoms with E-state index >= 15 is 0 Å². The molecule has 0 spiro atoms. The number of piperidine rings is 1. The standard InChI is InChI=1S/C13H26N2O/c1-5-14-11(3)9-13(16)15-8-6-7-10(2)12(15)4/h10-12,14H,5-9H2,1-4H3. The van der Waals surface area contributed by atoms with Crippen molar-refractivity contribution in [2.45, 2.75) is 59.0 Å². The minimum absolute atomic E-state index is 0.293. The summed E-state index contributed by atoms with van der Waals surface area (Å²) in [4.78, 5) is 14.2. The van der Waals surface area contributed by atoms with Gasteiger partial charge >= 0.3 is 0 Å². The van der Waals surface area contributed by atoms with Crippen LogP contribution in [0.4, 0.5) is 0 Å². The molecule has 1 aliphatic heterocycles. The molecule has 1 fully saturated rings. The van der Waals surface area contributed by atoms with E-state index in [-0.39, 0.29) is 0 Å². The van der Waals surface area contributed by atoms with Crippen LogP contribution in [0, 0.1) is 5.92 Å². The van der Waals surface area contributed by atoms with Crippen LogP contribution in [-0.2, 0) is 4.79 Å². The van der Waals surface area contributed by atoms with Crippen LogP contribution in [0.3, 0.4) is 0 Å². The van der Waals surface area contributed by atoms with Crippen molar-refractivity contribution < 1.29 is 4.79 Å². The van der Waals surface area contributed by atoms with E-state index in [1.807, 2.05) is 0 Å². The zero-order valence-corrected chi connectivity index (χ0v) is 11.1. The summed E-state index contributed by atoms with van der Waals surface area (Å²) in [6, 6.07) is 0.706. The first kappa shape index (κ1) is 13.5. The van der Waals surface area contributed by atoms with Gasteiger partial charge in [-0.25, -0.2) is 0 Å². The van der Waals surface area contributed by atoms with Crippen LogP contribution in [0.15, 0.2) is 0 Å². The van der Waals surface area contributed by atoms with Crippen LogP contribution in [0.2, 0.25) is 0 Å². The zero-order valence-electron chi connectivity index (χ0n) is 11.1. The highest BCUT2D eigenvalue weighted by molar-refractivity contribution is 5.77. The quantitative estimate of drug-likeness (QED) is 0.795. The highest BCUT2D eigenvalue weighted by Gasteiger charge is 2.28. The third kappa shape index (κ3) is 3.48. The Morgan fingerprint density at radius 2 is 2.19 bits per heavy atom. The smallest absolute Gasteiger partial charge is 0.224 e. The predicted octanol–water partition coefficient (Wildman–Crippen LogP) is 2.02. The number of carbonyl (C=O) groups excluding carboxylic acids is 1. The van der Waals surface area contributed by atoms with Gasteiger partial charge in [-0.2, -0.15) is 0 Å². The van der Waals surface area contributed by atoms with Gasteiger partial charge in [0.25, 0.3) is 0 Å². The molecule has 0 aliphatic carbocycles. The van der Waals surface area contributed by atoms with Crippen molar-refractivity contribution in [1.29, 1.82) is 0 Å². The summed E-state index contributed by atoms with van der Waals surface area (Å²) in [5, 5.41) is 3.29. The highest BCUT2D eigenvalue weighted by Crippen LogP contribution is 2.23. The Balaban J connectivity index is 2.46. The van der Waals surface area contributed by atoms with Crippen molar-refractivity contribution in [2.24, 2.45) is 5.92 Å². The molecule has 3 atom stereocenters. The van der Waals surface area contributed by atoms with Crippen LogP contribution >= 0.6 is 0 Å². The number of likely N-dealkylation sites (tertiary alicyclic amines) is 1. The molecule has 0 bridgehead atoms. The van der Waals surface area contributed by atoms with Gasteiger partial charge < -0.3 is 10.2 Å². The second-order valence-corrected chi connectivity index (χ2v) is 5.11. The minimum atomic E-state index is 0.293. The van der Waals surface area contributed by atoms with Gasteiger partial charge in [-0.3, -0.25) is 4.79 Å². The molecule has 0 aromatic rings. The first-order valence-corrected chi connectivity index (χ1v) is 6.59. The number of rotatable bonds is 4. The molecule has 1 N–H and O–H groups in total. The van der Waals surface area contributed by atoms with E-state index < -0.39 is 0 Å². The summed E-state index contributed by atoms with van der Waals surface area (Å²) in [5.74, 6) is 0.958. The number of nitrogens with one attached hydrogen (secondary N) is 1. The summed E-state index contributed by atoms with van der Waals surface area (Å²) in [7, 11) is 0. The molecule has 1 rings (SSSR count). The Hall–Kier alpha value is -0.570. The average molecular weight is 226 g/mol. The lowest BCUT2D eigenvalue weighted by Gasteiger charge is -2.38. The summed E-state index contributed by atoms with van der Waals surface area (Å²) in [5.41, 5.74) is 0. The largest absolute Gasteiger partial charge is 0.340 e. The SMILES string of the molecule is CCNC(C)CC(=O)N1CCCC(C)C1C. The fourth-order valence-corrected chi connectivity index (χ4v) is 2.49. The van der Waals surface area contributed by atoms with E-state index in [0.29, 0.717) is 30.3 Å². The number of nitrogens with zero attached hydrogens (tertiary/aromatic N) is 1.